The van der Waals surface area contributed by atoms with Gasteiger partial charge in [-0.3, -0.25) is 0 Å². The van der Waals surface area contributed by atoms with Gasteiger partial charge in [-0.25, -0.2) is 0 Å². The second-order valence-electron chi connectivity index (χ2n) is 3.45. The number of aliphatic hydroxyl groups is 1. The Kier molecular flexibility index (Phi) is 7.64. The highest BCUT2D eigenvalue weighted by molar-refractivity contribution is 6.64. The number of alkyl halides is 5. The molecule has 0 aliphatic carbocycles. The van der Waals surface area contributed by atoms with Gasteiger partial charge in [0.05, 0.1) is 12.0 Å². The number of hydrogen-bond acceptors (Lipinski definition) is 1. The lowest BCUT2D eigenvalue weighted by atomic mass is 10.1. The molecule has 0 rings (SSSR count). The minimum atomic E-state index is -1.64. The Balaban J connectivity index is 4.31. The Morgan fingerprint density at radius 3 is 2.07 bits per heavy atom. The molecule has 0 spiro atoms. The van der Waals surface area contributed by atoms with Crippen LogP contribution in [0.3, 0.4) is 0 Å². The van der Waals surface area contributed by atoms with Crippen molar-refractivity contribution in [2.45, 2.75) is 46.7 Å². The van der Waals surface area contributed by atoms with Gasteiger partial charge in [-0.2, -0.15) is 0 Å². The summed E-state index contributed by atoms with van der Waals surface area (Å²) < 4.78 is -3.20. The third-order valence-corrected chi connectivity index (χ3v) is 5.30. The Bertz CT molecular complexity index is 183. The molecule has 0 radical (unpaired) electrons. The van der Waals surface area contributed by atoms with Crippen molar-refractivity contribution >= 4 is 58.0 Å². The molecule has 0 amide bonds. The van der Waals surface area contributed by atoms with E-state index in [9.17, 15) is 0 Å². The molecule has 0 aliphatic rings. The summed E-state index contributed by atoms with van der Waals surface area (Å²) in [6, 6.07) is 0. The molecule has 1 unspecified atom stereocenters. The molecule has 0 saturated heterocycles. The largest absolute Gasteiger partial charge is 0.393 e. The number of unbranched alkanes of at least 4 members (excludes halogenated alkanes) is 2. The van der Waals surface area contributed by atoms with Crippen LogP contribution < -0.4 is 0 Å². The lowest BCUT2D eigenvalue weighted by Gasteiger charge is -2.34. The highest BCUT2D eigenvalue weighted by Crippen LogP contribution is 2.47. The fourth-order valence-electron chi connectivity index (χ4n) is 1.09. The first kappa shape index (κ1) is 16.4. The monoisotopic (exact) mass is 314 g/mol. The lowest BCUT2D eigenvalue weighted by molar-refractivity contribution is 0.267. The number of rotatable bonds is 7. The van der Waals surface area contributed by atoms with Crippen molar-refractivity contribution in [3.63, 3.8) is 0 Å². The maximum atomic E-state index is 8.96. The van der Waals surface area contributed by atoms with Crippen LogP contribution in [0.5, 0.6) is 0 Å². The SMILES string of the molecule is CCCCCC(Cl)C(Cl)(Cl)C(Cl)(Cl)CO. The van der Waals surface area contributed by atoms with Gasteiger partial charge in [0, 0.05) is 0 Å². The minimum Gasteiger partial charge on any atom is -0.393 e. The van der Waals surface area contributed by atoms with Gasteiger partial charge in [-0.05, 0) is 6.42 Å². The van der Waals surface area contributed by atoms with Gasteiger partial charge >= 0.3 is 0 Å². The van der Waals surface area contributed by atoms with Gasteiger partial charge in [0.25, 0.3) is 0 Å². The van der Waals surface area contributed by atoms with E-state index in [1.54, 1.807) is 0 Å². The van der Waals surface area contributed by atoms with E-state index in [0.717, 1.165) is 19.3 Å². The molecule has 0 saturated carbocycles. The van der Waals surface area contributed by atoms with Gasteiger partial charge in [0.15, 0.2) is 8.67 Å². The van der Waals surface area contributed by atoms with E-state index in [1.165, 1.54) is 0 Å². The highest BCUT2D eigenvalue weighted by atomic mass is 35.5. The lowest BCUT2D eigenvalue weighted by Crippen LogP contribution is -2.46. The van der Waals surface area contributed by atoms with Crippen LogP contribution in [0, 0.1) is 0 Å². The predicted molar refractivity (Wildman–Crippen MR) is 69.7 cm³/mol. The summed E-state index contributed by atoms with van der Waals surface area (Å²) in [5.41, 5.74) is 0. The molecule has 92 valence electrons. The molecule has 6 heteroatoms. The normalized spacial score (nSPS) is 15.4. The van der Waals surface area contributed by atoms with Crippen molar-refractivity contribution in [2.75, 3.05) is 6.61 Å². The molecule has 15 heavy (non-hydrogen) atoms. The molecule has 0 heterocycles. The summed E-state index contributed by atoms with van der Waals surface area (Å²) in [6.07, 6.45) is 3.64. The predicted octanol–water partition coefficient (Wildman–Crippen LogP) is 4.51. The Labute approximate surface area is 116 Å². The highest BCUT2D eigenvalue weighted by Gasteiger charge is 2.51. The van der Waals surface area contributed by atoms with Crippen LogP contribution in [0.2, 0.25) is 0 Å². The summed E-state index contributed by atoms with van der Waals surface area (Å²) in [4.78, 5) is 0. The second-order valence-corrected chi connectivity index (χ2v) is 6.85. The van der Waals surface area contributed by atoms with Crippen molar-refractivity contribution in [3.05, 3.63) is 0 Å². The quantitative estimate of drug-likeness (QED) is 0.541. The summed E-state index contributed by atoms with van der Waals surface area (Å²) >= 11 is 29.5. The summed E-state index contributed by atoms with van der Waals surface area (Å²) in [5, 5.41) is 8.37. The zero-order valence-electron chi connectivity index (χ0n) is 8.45. The first-order valence-corrected chi connectivity index (χ1v) is 6.75. The first-order chi connectivity index (χ1) is 6.79. The molecule has 1 N–H and O–H groups in total. The van der Waals surface area contributed by atoms with Gasteiger partial charge < -0.3 is 5.11 Å². The van der Waals surface area contributed by atoms with Crippen molar-refractivity contribution in [1.29, 1.82) is 0 Å². The number of aliphatic hydroxyl groups excluding tert-OH is 1. The third kappa shape index (κ3) is 4.65. The van der Waals surface area contributed by atoms with Crippen molar-refractivity contribution in [2.24, 2.45) is 0 Å². The summed E-state index contributed by atoms with van der Waals surface area (Å²) in [7, 11) is 0. The zero-order chi connectivity index (χ0) is 12.1. The van der Waals surface area contributed by atoms with Crippen LogP contribution in [-0.4, -0.2) is 25.8 Å². The molecule has 0 aromatic carbocycles. The standard InChI is InChI=1S/C9H15Cl5O/c1-2-3-4-5-7(10)9(13,14)8(11,12)6-15/h7,15H,2-6H2,1H3. The van der Waals surface area contributed by atoms with Gasteiger partial charge in [0.2, 0.25) is 0 Å². The second kappa shape index (κ2) is 6.98. The van der Waals surface area contributed by atoms with E-state index >= 15 is 0 Å². The molecule has 0 aliphatic heterocycles. The average molecular weight is 316 g/mol. The zero-order valence-corrected chi connectivity index (χ0v) is 12.2. The fourth-order valence-corrected chi connectivity index (χ4v) is 2.14. The molecular weight excluding hydrogens is 301 g/mol. The van der Waals surface area contributed by atoms with E-state index in [0.29, 0.717) is 6.42 Å². The topological polar surface area (TPSA) is 20.2 Å². The molecule has 1 nitrogen and oxygen atoms in total. The van der Waals surface area contributed by atoms with E-state index in [4.69, 9.17) is 63.1 Å². The molecule has 1 atom stereocenters. The van der Waals surface area contributed by atoms with Crippen molar-refractivity contribution < 1.29 is 5.11 Å². The van der Waals surface area contributed by atoms with Crippen LogP contribution in [0.4, 0.5) is 0 Å². The maximum absolute atomic E-state index is 8.96. The van der Waals surface area contributed by atoms with Gasteiger partial charge in [-0.15, -0.1) is 11.6 Å². The van der Waals surface area contributed by atoms with Gasteiger partial charge in [0.1, 0.15) is 0 Å². The summed E-state index contributed by atoms with van der Waals surface area (Å²) in [6.45, 7) is 1.54. The first-order valence-electron chi connectivity index (χ1n) is 4.80. The smallest absolute Gasteiger partial charge is 0.175 e. The Morgan fingerprint density at radius 2 is 1.67 bits per heavy atom. The van der Waals surface area contributed by atoms with E-state index in [-0.39, 0.29) is 0 Å². The van der Waals surface area contributed by atoms with Crippen molar-refractivity contribution in [3.8, 4) is 0 Å². The Morgan fingerprint density at radius 1 is 1.13 bits per heavy atom. The van der Waals surface area contributed by atoms with Crippen LogP contribution in [-0.2, 0) is 0 Å². The van der Waals surface area contributed by atoms with Crippen molar-refractivity contribution in [1.82, 2.24) is 0 Å². The molecule has 0 aromatic heterocycles. The molecular formula is C9H15Cl5O. The number of hydrogen-bond donors (Lipinski definition) is 1. The molecule has 0 aromatic rings. The fraction of sp³-hybridized carbons (Fsp3) is 1.00. The van der Waals surface area contributed by atoms with E-state index in [2.05, 4.69) is 6.92 Å². The van der Waals surface area contributed by atoms with Crippen LogP contribution in [0.25, 0.3) is 0 Å². The average Bonchev–Trinajstić information content (AvgIpc) is 2.17. The van der Waals surface area contributed by atoms with Crippen LogP contribution in [0.15, 0.2) is 0 Å². The summed E-state index contributed by atoms with van der Waals surface area (Å²) in [5.74, 6) is 0. The van der Waals surface area contributed by atoms with E-state index in [1.807, 2.05) is 0 Å². The number of halogens is 5. The van der Waals surface area contributed by atoms with E-state index < -0.39 is 20.7 Å². The Hall–Kier alpha value is 1.41. The maximum Gasteiger partial charge on any atom is 0.175 e. The third-order valence-electron chi connectivity index (χ3n) is 2.14. The van der Waals surface area contributed by atoms with Crippen LogP contribution >= 0.6 is 58.0 Å². The molecule has 0 bridgehead atoms. The molecule has 0 fully saturated rings. The minimum absolute atomic E-state index is 0.542. The van der Waals surface area contributed by atoms with Crippen LogP contribution in [0.1, 0.15) is 32.6 Å². The van der Waals surface area contributed by atoms with Gasteiger partial charge in [-0.1, -0.05) is 72.6 Å².